The normalized spacial score (nSPS) is 11.3. The number of methoxy groups -OCH3 is 1. The Kier molecular flexibility index (Phi) is 4.02. The van der Waals surface area contributed by atoms with Gasteiger partial charge < -0.3 is 15.8 Å². The quantitative estimate of drug-likeness (QED) is 0.598. The molecule has 0 fully saturated rings. The fourth-order valence-electron chi connectivity index (χ4n) is 1.30. The fourth-order valence-corrected chi connectivity index (χ4v) is 1.30. The highest BCUT2D eigenvalue weighted by molar-refractivity contribution is 5.60. The second-order valence-electron chi connectivity index (χ2n) is 4.44. The van der Waals surface area contributed by atoms with E-state index in [0.29, 0.717) is 6.54 Å². The number of nitrogens with two attached hydrogens (primary N) is 1. The van der Waals surface area contributed by atoms with E-state index in [1.807, 2.05) is 13.8 Å². The van der Waals surface area contributed by atoms with E-state index in [2.05, 4.69) is 15.3 Å². The molecule has 8 nitrogen and oxygen atoms in total. The van der Waals surface area contributed by atoms with Gasteiger partial charge in [0.25, 0.3) is 0 Å². The van der Waals surface area contributed by atoms with Crippen molar-refractivity contribution in [2.45, 2.75) is 26.4 Å². The van der Waals surface area contributed by atoms with E-state index >= 15 is 0 Å². The van der Waals surface area contributed by atoms with Crippen LogP contribution in [0.4, 0.5) is 17.5 Å². The largest absolute Gasteiger partial charge is 0.377 e. The van der Waals surface area contributed by atoms with Crippen LogP contribution in [0.3, 0.4) is 0 Å². The van der Waals surface area contributed by atoms with Gasteiger partial charge >= 0.3 is 5.69 Å². The molecular formula is C10H17N5O3. The molecule has 1 aromatic heterocycles. The van der Waals surface area contributed by atoms with Crippen LogP contribution >= 0.6 is 0 Å². The first-order valence-electron chi connectivity index (χ1n) is 5.34. The average Bonchev–Trinajstić information content (AvgIpc) is 2.25. The molecule has 1 rings (SSSR count). The van der Waals surface area contributed by atoms with Gasteiger partial charge in [0.2, 0.25) is 11.8 Å². The number of hydrogen-bond acceptors (Lipinski definition) is 7. The number of ether oxygens (including phenoxy) is 1. The van der Waals surface area contributed by atoms with E-state index < -0.39 is 10.5 Å². The lowest BCUT2D eigenvalue weighted by atomic mass is 10.1. The first-order valence-corrected chi connectivity index (χ1v) is 5.34. The Hall–Kier alpha value is -1.96. The second kappa shape index (κ2) is 5.13. The monoisotopic (exact) mass is 255 g/mol. The summed E-state index contributed by atoms with van der Waals surface area (Å²) in [6.45, 7) is 5.58. The summed E-state index contributed by atoms with van der Waals surface area (Å²) < 4.78 is 5.21. The van der Waals surface area contributed by atoms with Crippen molar-refractivity contribution in [1.29, 1.82) is 0 Å². The van der Waals surface area contributed by atoms with E-state index in [4.69, 9.17) is 10.5 Å². The lowest BCUT2D eigenvalue weighted by molar-refractivity contribution is -0.385. The zero-order chi connectivity index (χ0) is 13.9. The molecule has 0 atom stereocenters. The fraction of sp³-hybridized carbons (Fsp3) is 0.600. The standard InChI is InChI=1S/C10H17N5O3/c1-6-7(15(16)17)8(14-9(11)13-6)12-5-10(2,3)18-4/h5H2,1-4H3,(H3,11,12,13,14). The minimum Gasteiger partial charge on any atom is -0.377 e. The maximum absolute atomic E-state index is 11.0. The van der Waals surface area contributed by atoms with Crippen LogP contribution in [0.25, 0.3) is 0 Å². The third-order valence-electron chi connectivity index (χ3n) is 2.49. The Labute approximate surface area is 105 Å². The lowest BCUT2D eigenvalue weighted by Crippen LogP contribution is -2.32. The summed E-state index contributed by atoms with van der Waals surface area (Å²) in [6.07, 6.45) is 0. The van der Waals surface area contributed by atoms with Gasteiger partial charge in [0.1, 0.15) is 5.69 Å². The third kappa shape index (κ3) is 3.27. The van der Waals surface area contributed by atoms with Crippen molar-refractivity contribution in [2.24, 2.45) is 0 Å². The van der Waals surface area contributed by atoms with Crippen LogP contribution in [-0.4, -0.2) is 34.1 Å². The van der Waals surface area contributed by atoms with Crippen molar-refractivity contribution in [1.82, 2.24) is 9.97 Å². The van der Waals surface area contributed by atoms with Crippen LogP contribution in [0, 0.1) is 17.0 Å². The van der Waals surface area contributed by atoms with Gasteiger partial charge in [-0.2, -0.15) is 4.98 Å². The maximum Gasteiger partial charge on any atom is 0.332 e. The molecule has 1 heterocycles. The smallest absolute Gasteiger partial charge is 0.332 e. The van der Waals surface area contributed by atoms with Gasteiger partial charge in [0, 0.05) is 13.7 Å². The van der Waals surface area contributed by atoms with Crippen molar-refractivity contribution in [3.63, 3.8) is 0 Å². The minimum absolute atomic E-state index is 0.00387. The van der Waals surface area contributed by atoms with Crippen LogP contribution in [0.2, 0.25) is 0 Å². The predicted octanol–water partition coefficient (Wildman–Crippen LogP) is 1.11. The summed E-state index contributed by atoms with van der Waals surface area (Å²) in [4.78, 5) is 18.1. The Morgan fingerprint density at radius 3 is 2.61 bits per heavy atom. The van der Waals surface area contributed by atoms with E-state index in [9.17, 15) is 10.1 Å². The molecule has 0 aromatic carbocycles. The molecule has 8 heteroatoms. The predicted molar refractivity (Wildman–Crippen MR) is 67.4 cm³/mol. The van der Waals surface area contributed by atoms with E-state index in [1.165, 1.54) is 6.92 Å². The number of nitrogens with zero attached hydrogens (tertiary/aromatic N) is 3. The van der Waals surface area contributed by atoms with Gasteiger partial charge in [-0.15, -0.1) is 0 Å². The van der Waals surface area contributed by atoms with Crippen LogP contribution in [-0.2, 0) is 4.74 Å². The molecule has 0 aliphatic carbocycles. The van der Waals surface area contributed by atoms with Crippen molar-refractivity contribution in [2.75, 3.05) is 24.7 Å². The molecule has 3 N–H and O–H groups in total. The number of nitro groups is 1. The molecule has 0 bridgehead atoms. The number of rotatable bonds is 5. The summed E-state index contributed by atoms with van der Waals surface area (Å²) in [5.74, 6) is 0.103. The highest BCUT2D eigenvalue weighted by Gasteiger charge is 2.24. The molecule has 100 valence electrons. The molecule has 0 unspecified atom stereocenters. The Balaban J connectivity index is 3.04. The second-order valence-corrected chi connectivity index (χ2v) is 4.44. The summed E-state index contributed by atoms with van der Waals surface area (Å²) in [6, 6.07) is 0. The van der Waals surface area contributed by atoms with Crippen molar-refractivity contribution in [3.8, 4) is 0 Å². The van der Waals surface area contributed by atoms with Crippen molar-refractivity contribution >= 4 is 17.5 Å². The highest BCUT2D eigenvalue weighted by Crippen LogP contribution is 2.26. The molecule has 0 radical (unpaired) electrons. The first-order chi connectivity index (χ1) is 8.26. The summed E-state index contributed by atoms with van der Waals surface area (Å²) in [7, 11) is 1.57. The Morgan fingerprint density at radius 2 is 2.11 bits per heavy atom. The molecular weight excluding hydrogens is 238 g/mol. The van der Waals surface area contributed by atoms with Crippen molar-refractivity contribution < 1.29 is 9.66 Å². The number of aryl methyl sites for hydroxylation is 1. The summed E-state index contributed by atoms with van der Waals surface area (Å²) in [5.41, 5.74) is 5.07. The van der Waals surface area contributed by atoms with E-state index in [-0.39, 0.29) is 23.1 Å². The maximum atomic E-state index is 11.0. The lowest BCUT2D eigenvalue weighted by Gasteiger charge is -2.23. The molecule has 0 aliphatic heterocycles. The molecule has 1 aromatic rings. The Bertz CT molecular complexity index is 461. The van der Waals surface area contributed by atoms with Crippen LogP contribution in [0.1, 0.15) is 19.5 Å². The SMILES string of the molecule is COC(C)(C)CNc1nc(N)nc(C)c1[N+](=O)[O-]. The molecule has 0 amide bonds. The number of nitrogen functional groups attached to an aromatic ring is 1. The zero-order valence-electron chi connectivity index (χ0n) is 10.9. The van der Waals surface area contributed by atoms with Crippen LogP contribution < -0.4 is 11.1 Å². The Morgan fingerprint density at radius 1 is 1.50 bits per heavy atom. The highest BCUT2D eigenvalue weighted by atomic mass is 16.6. The summed E-state index contributed by atoms with van der Waals surface area (Å²) in [5, 5.41) is 13.8. The van der Waals surface area contributed by atoms with Gasteiger partial charge in [0.15, 0.2) is 0 Å². The van der Waals surface area contributed by atoms with Crippen molar-refractivity contribution in [3.05, 3.63) is 15.8 Å². The van der Waals surface area contributed by atoms with Gasteiger partial charge in [-0.1, -0.05) is 0 Å². The van der Waals surface area contributed by atoms with Gasteiger partial charge in [0.05, 0.1) is 10.5 Å². The molecule has 18 heavy (non-hydrogen) atoms. The molecule has 0 aliphatic rings. The molecule has 0 spiro atoms. The zero-order valence-corrected chi connectivity index (χ0v) is 10.9. The number of anilines is 2. The number of hydrogen-bond donors (Lipinski definition) is 2. The topological polar surface area (TPSA) is 116 Å². The number of aromatic nitrogens is 2. The number of nitrogens with one attached hydrogen (secondary N) is 1. The molecule has 0 saturated heterocycles. The van der Waals surface area contributed by atoms with Gasteiger partial charge in [-0.25, -0.2) is 4.98 Å². The average molecular weight is 255 g/mol. The van der Waals surface area contributed by atoms with E-state index in [0.717, 1.165) is 0 Å². The van der Waals surface area contributed by atoms with Crippen LogP contribution in [0.15, 0.2) is 0 Å². The van der Waals surface area contributed by atoms with E-state index in [1.54, 1.807) is 7.11 Å². The van der Waals surface area contributed by atoms with Gasteiger partial charge in [-0.05, 0) is 20.8 Å². The molecule has 0 saturated carbocycles. The van der Waals surface area contributed by atoms with Gasteiger partial charge in [-0.3, -0.25) is 10.1 Å². The summed E-state index contributed by atoms with van der Waals surface area (Å²) >= 11 is 0. The third-order valence-corrected chi connectivity index (χ3v) is 2.49. The van der Waals surface area contributed by atoms with Crippen LogP contribution in [0.5, 0.6) is 0 Å². The first kappa shape index (κ1) is 14.1. The minimum atomic E-state index is -0.531.